The van der Waals surface area contributed by atoms with Gasteiger partial charge in [-0.15, -0.1) is 0 Å². The normalized spacial score (nSPS) is 16.9. The Morgan fingerprint density at radius 2 is 1.68 bits per heavy atom. The molecular weight excluding hydrogens is 464 g/mol. The lowest BCUT2D eigenvalue weighted by atomic mass is 9.99. The summed E-state index contributed by atoms with van der Waals surface area (Å²) in [6.45, 7) is 4.01. The minimum atomic E-state index is -0.243. The monoisotopic (exact) mass is 492 g/mol. The largest absolute Gasteiger partial charge is 0.354 e. The lowest BCUT2D eigenvalue weighted by Crippen LogP contribution is -2.47. The standard InChI is InChI=1S/C29H28N6O2/c1-34-12-14-35(15-13-34)19-26(36)31-22-8-5-9-23(17-22)32-28(21-6-3-2-4-7-21)27-24-11-10-20(18-30)16-25(24)33-29(27)37/h2-11,16-17,32H,12-15,19H2,1H3,(H,31,36)(H,33,37)/b28-27-. The van der Waals surface area contributed by atoms with E-state index in [-0.39, 0.29) is 11.8 Å². The van der Waals surface area contributed by atoms with Gasteiger partial charge in [0.1, 0.15) is 0 Å². The maximum absolute atomic E-state index is 13.1. The van der Waals surface area contributed by atoms with Gasteiger partial charge in [-0.1, -0.05) is 42.5 Å². The molecule has 3 aromatic carbocycles. The molecule has 2 heterocycles. The van der Waals surface area contributed by atoms with Crippen LogP contribution in [0.4, 0.5) is 17.1 Å². The predicted octanol–water partition coefficient (Wildman–Crippen LogP) is 3.68. The fourth-order valence-corrected chi connectivity index (χ4v) is 4.60. The highest BCUT2D eigenvalue weighted by Gasteiger charge is 2.28. The summed E-state index contributed by atoms with van der Waals surface area (Å²) in [5, 5.41) is 18.6. The zero-order valence-electron chi connectivity index (χ0n) is 20.6. The third-order valence-electron chi connectivity index (χ3n) is 6.58. The quantitative estimate of drug-likeness (QED) is 0.454. The van der Waals surface area contributed by atoms with Crippen LogP contribution in [0.2, 0.25) is 0 Å². The maximum Gasteiger partial charge on any atom is 0.258 e. The number of likely N-dealkylation sites (N-methyl/N-ethyl adjacent to an activating group) is 1. The van der Waals surface area contributed by atoms with Gasteiger partial charge in [0.25, 0.3) is 5.91 Å². The Morgan fingerprint density at radius 1 is 0.946 bits per heavy atom. The molecule has 3 aromatic rings. The molecule has 0 bridgehead atoms. The first-order valence-corrected chi connectivity index (χ1v) is 12.2. The number of piperazine rings is 1. The number of nitriles is 1. The average Bonchev–Trinajstić information content (AvgIpc) is 3.23. The summed E-state index contributed by atoms with van der Waals surface area (Å²) in [6.07, 6.45) is 0. The van der Waals surface area contributed by atoms with Crippen molar-refractivity contribution in [3.63, 3.8) is 0 Å². The van der Waals surface area contributed by atoms with Crippen LogP contribution in [-0.2, 0) is 9.59 Å². The number of amides is 2. The van der Waals surface area contributed by atoms with Gasteiger partial charge >= 0.3 is 0 Å². The van der Waals surface area contributed by atoms with E-state index in [1.54, 1.807) is 18.2 Å². The first-order valence-electron chi connectivity index (χ1n) is 12.2. The number of anilines is 3. The summed E-state index contributed by atoms with van der Waals surface area (Å²) in [5.41, 5.74) is 5.21. The molecule has 0 unspecified atom stereocenters. The van der Waals surface area contributed by atoms with Crippen molar-refractivity contribution in [2.75, 3.05) is 55.7 Å². The number of benzene rings is 3. The van der Waals surface area contributed by atoms with E-state index in [1.807, 2.05) is 54.6 Å². The lowest BCUT2D eigenvalue weighted by molar-refractivity contribution is -0.117. The minimum Gasteiger partial charge on any atom is -0.354 e. The van der Waals surface area contributed by atoms with Crippen LogP contribution >= 0.6 is 0 Å². The van der Waals surface area contributed by atoms with E-state index in [0.29, 0.717) is 34.8 Å². The number of nitrogens with zero attached hydrogens (tertiary/aromatic N) is 3. The smallest absolute Gasteiger partial charge is 0.258 e. The number of hydrogen-bond donors (Lipinski definition) is 3. The van der Waals surface area contributed by atoms with E-state index >= 15 is 0 Å². The summed E-state index contributed by atoms with van der Waals surface area (Å²) in [4.78, 5) is 30.2. The van der Waals surface area contributed by atoms with Crippen LogP contribution in [0.5, 0.6) is 0 Å². The Bertz CT molecular complexity index is 1400. The van der Waals surface area contributed by atoms with Crippen LogP contribution in [0.15, 0.2) is 72.8 Å². The van der Waals surface area contributed by atoms with E-state index in [2.05, 4.69) is 38.9 Å². The molecule has 0 atom stereocenters. The SMILES string of the molecule is CN1CCN(CC(=O)Nc2cccc(N/C(=C3\C(=O)Nc4cc(C#N)ccc43)c3ccccc3)c2)CC1. The Hall–Kier alpha value is -4.45. The molecule has 1 fully saturated rings. The second-order valence-electron chi connectivity index (χ2n) is 9.28. The van der Waals surface area contributed by atoms with Crippen LogP contribution in [0.25, 0.3) is 11.3 Å². The highest BCUT2D eigenvalue weighted by atomic mass is 16.2. The van der Waals surface area contributed by atoms with Crippen LogP contribution in [0, 0.1) is 11.3 Å². The van der Waals surface area contributed by atoms with Crippen molar-refractivity contribution in [2.45, 2.75) is 0 Å². The third kappa shape index (κ3) is 5.54. The Kier molecular flexibility index (Phi) is 6.99. The van der Waals surface area contributed by atoms with Crippen molar-refractivity contribution >= 4 is 40.1 Å². The highest BCUT2D eigenvalue weighted by Crippen LogP contribution is 2.38. The number of carbonyl (C=O) groups is 2. The lowest BCUT2D eigenvalue weighted by Gasteiger charge is -2.31. The summed E-state index contributed by atoms with van der Waals surface area (Å²) < 4.78 is 0. The highest BCUT2D eigenvalue weighted by molar-refractivity contribution is 6.37. The molecule has 2 aliphatic rings. The first kappa shape index (κ1) is 24.3. The summed E-state index contributed by atoms with van der Waals surface area (Å²) in [6, 6.07) is 24.4. The Labute approximate surface area is 216 Å². The zero-order valence-corrected chi connectivity index (χ0v) is 20.6. The molecule has 0 aliphatic carbocycles. The molecular formula is C29H28N6O2. The van der Waals surface area contributed by atoms with Gasteiger partial charge in [0.2, 0.25) is 5.91 Å². The molecule has 0 radical (unpaired) electrons. The van der Waals surface area contributed by atoms with Gasteiger partial charge in [0.05, 0.1) is 35.1 Å². The molecule has 2 amide bonds. The molecule has 0 aromatic heterocycles. The third-order valence-corrected chi connectivity index (χ3v) is 6.58. The van der Waals surface area contributed by atoms with Crippen LogP contribution < -0.4 is 16.0 Å². The Balaban J connectivity index is 1.41. The molecule has 1 saturated heterocycles. The van der Waals surface area contributed by atoms with Gasteiger partial charge in [-0.2, -0.15) is 5.26 Å². The maximum atomic E-state index is 13.1. The van der Waals surface area contributed by atoms with Crippen molar-refractivity contribution in [3.8, 4) is 6.07 Å². The Morgan fingerprint density at radius 3 is 2.41 bits per heavy atom. The second-order valence-corrected chi connectivity index (χ2v) is 9.28. The van der Waals surface area contributed by atoms with Gasteiger partial charge in [0.15, 0.2) is 0 Å². The molecule has 3 N–H and O–H groups in total. The van der Waals surface area contributed by atoms with Crippen LogP contribution in [0.1, 0.15) is 16.7 Å². The van der Waals surface area contributed by atoms with Gasteiger partial charge < -0.3 is 20.9 Å². The average molecular weight is 493 g/mol. The van der Waals surface area contributed by atoms with Gasteiger partial charge in [0, 0.05) is 43.1 Å². The van der Waals surface area contributed by atoms with Gasteiger partial charge in [-0.25, -0.2) is 0 Å². The van der Waals surface area contributed by atoms with E-state index < -0.39 is 0 Å². The van der Waals surface area contributed by atoms with Crippen molar-refractivity contribution in [1.29, 1.82) is 5.26 Å². The number of hydrogen-bond acceptors (Lipinski definition) is 6. The van der Waals surface area contributed by atoms with Crippen molar-refractivity contribution in [1.82, 2.24) is 9.80 Å². The molecule has 37 heavy (non-hydrogen) atoms. The molecule has 0 spiro atoms. The van der Waals surface area contributed by atoms with Crippen LogP contribution in [-0.4, -0.2) is 61.4 Å². The van der Waals surface area contributed by atoms with E-state index in [4.69, 9.17) is 0 Å². The predicted molar refractivity (Wildman–Crippen MR) is 146 cm³/mol. The van der Waals surface area contributed by atoms with E-state index in [9.17, 15) is 14.9 Å². The molecule has 0 saturated carbocycles. The molecule has 8 heteroatoms. The molecule has 2 aliphatic heterocycles. The number of fused-ring (bicyclic) bond motifs is 1. The van der Waals surface area contributed by atoms with Gasteiger partial charge in [-0.05, 0) is 42.9 Å². The fraction of sp³-hybridized carbons (Fsp3) is 0.207. The fourth-order valence-electron chi connectivity index (χ4n) is 4.60. The summed E-state index contributed by atoms with van der Waals surface area (Å²) in [5.74, 6) is -0.297. The second kappa shape index (κ2) is 10.7. The van der Waals surface area contributed by atoms with Gasteiger partial charge in [-0.3, -0.25) is 14.5 Å². The molecule has 186 valence electrons. The van der Waals surface area contributed by atoms with Crippen LogP contribution in [0.3, 0.4) is 0 Å². The number of carbonyl (C=O) groups excluding carboxylic acids is 2. The molecule has 5 rings (SSSR count). The molecule has 8 nitrogen and oxygen atoms in total. The van der Waals surface area contributed by atoms with E-state index in [1.165, 1.54) is 0 Å². The number of nitrogens with one attached hydrogen (secondary N) is 3. The first-order chi connectivity index (χ1) is 18.0. The minimum absolute atomic E-state index is 0.0549. The topological polar surface area (TPSA) is 100 Å². The zero-order chi connectivity index (χ0) is 25.8. The summed E-state index contributed by atoms with van der Waals surface area (Å²) >= 11 is 0. The van der Waals surface area contributed by atoms with E-state index in [0.717, 1.165) is 43.0 Å². The van der Waals surface area contributed by atoms with Crippen molar-refractivity contribution in [2.24, 2.45) is 0 Å². The van der Waals surface area contributed by atoms with Crippen molar-refractivity contribution < 1.29 is 9.59 Å². The number of rotatable bonds is 6. The van der Waals surface area contributed by atoms with Crippen molar-refractivity contribution in [3.05, 3.63) is 89.5 Å². The summed E-state index contributed by atoms with van der Waals surface area (Å²) in [7, 11) is 2.09.